The van der Waals surface area contributed by atoms with E-state index < -0.39 is 8.32 Å². The summed E-state index contributed by atoms with van der Waals surface area (Å²) in [6, 6.07) is 13.9. The summed E-state index contributed by atoms with van der Waals surface area (Å²) in [6.07, 6.45) is 7.42. The number of aliphatic hydroxyl groups is 1. The van der Waals surface area contributed by atoms with Crippen molar-refractivity contribution in [2.75, 3.05) is 13.1 Å². The third kappa shape index (κ3) is 9.72. The highest BCUT2D eigenvalue weighted by Gasteiger charge is 2.39. The van der Waals surface area contributed by atoms with Gasteiger partial charge in [-0.05, 0) is 79.1 Å². The molecule has 1 fully saturated rings. The second-order valence-corrected chi connectivity index (χ2v) is 18.0. The molecule has 1 amide bonds. The molecule has 6 nitrogen and oxygen atoms in total. The van der Waals surface area contributed by atoms with Gasteiger partial charge in [-0.2, -0.15) is 0 Å². The molecule has 0 unspecified atom stereocenters. The van der Waals surface area contributed by atoms with E-state index in [0.29, 0.717) is 24.4 Å². The molecule has 1 aliphatic carbocycles. The fourth-order valence-corrected chi connectivity index (χ4v) is 6.47. The smallest absolute Gasteiger partial charge is 0.224 e. The molecule has 2 atom stereocenters. The quantitative estimate of drug-likeness (QED) is 0.210. The van der Waals surface area contributed by atoms with E-state index in [1.54, 1.807) is 6.07 Å². The molecule has 0 radical (unpaired) electrons. The Morgan fingerprint density at radius 3 is 2.45 bits per heavy atom. The number of amides is 1. The van der Waals surface area contributed by atoms with Gasteiger partial charge in [0.2, 0.25) is 5.91 Å². The highest BCUT2D eigenvalue weighted by molar-refractivity contribution is 6.74. The molecule has 0 spiro atoms. The van der Waals surface area contributed by atoms with Gasteiger partial charge in [0.15, 0.2) is 8.32 Å². The Labute approximate surface area is 243 Å². The molecular weight excluding hydrogens is 516 g/mol. The normalized spacial score (nSPS) is 16.5. The number of rotatable bonds is 13. The lowest BCUT2D eigenvalue weighted by Gasteiger charge is -2.40. The van der Waals surface area contributed by atoms with Crippen molar-refractivity contribution in [2.24, 2.45) is 5.92 Å². The molecule has 7 heteroatoms. The fraction of sp³-hybridized carbons (Fsp3) is 0.606. The van der Waals surface area contributed by atoms with Crippen molar-refractivity contribution in [1.29, 1.82) is 0 Å². The van der Waals surface area contributed by atoms with Crippen molar-refractivity contribution in [3.8, 4) is 5.75 Å². The molecule has 40 heavy (non-hydrogen) atoms. The average Bonchev–Trinajstić information content (AvgIpc) is 2.90. The van der Waals surface area contributed by atoms with Crippen LogP contribution >= 0.6 is 0 Å². The number of aliphatic hydroxyl groups excluding tert-OH is 1. The van der Waals surface area contributed by atoms with Crippen LogP contribution in [0, 0.1) is 5.92 Å². The van der Waals surface area contributed by atoms with Gasteiger partial charge in [-0.25, -0.2) is 0 Å². The molecule has 222 valence electrons. The minimum absolute atomic E-state index is 0.0523. The Balaban J connectivity index is 1.60. The maximum Gasteiger partial charge on any atom is 0.224 e. The Hall–Kier alpha value is -2.19. The molecule has 0 saturated heterocycles. The number of benzene rings is 2. The minimum atomic E-state index is -2.08. The van der Waals surface area contributed by atoms with E-state index in [1.165, 1.54) is 37.7 Å². The monoisotopic (exact) mass is 568 g/mol. The first kappa shape index (κ1) is 32.3. The number of aromatic hydroxyl groups is 1. The first-order chi connectivity index (χ1) is 18.9. The average molecular weight is 569 g/mol. The van der Waals surface area contributed by atoms with E-state index in [4.69, 9.17) is 4.43 Å². The lowest BCUT2D eigenvalue weighted by Crippen LogP contribution is -2.44. The zero-order valence-electron chi connectivity index (χ0n) is 25.6. The van der Waals surface area contributed by atoms with E-state index in [-0.39, 0.29) is 35.4 Å². The molecule has 1 saturated carbocycles. The third-order valence-corrected chi connectivity index (χ3v) is 13.2. The van der Waals surface area contributed by atoms with Gasteiger partial charge >= 0.3 is 0 Å². The van der Waals surface area contributed by atoms with Crippen LogP contribution in [0.5, 0.6) is 5.75 Å². The number of hydrogen-bond donors (Lipinski definition) is 4. The highest BCUT2D eigenvalue weighted by atomic mass is 28.4. The lowest BCUT2D eigenvalue weighted by molar-refractivity contribution is -0.120. The topological polar surface area (TPSA) is 90.8 Å². The second-order valence-electron chi connectivity index (χ2n) is 13.2. The Bertz CT molecular complexity index is 1090. The summed E-state index contributed by atoms with van der Waals surface area (Å²) in [6.45, 7) is 14.5. The van der Waals surface area contributed by atoms with Crippen LogP contribution in [0.3, 0.4) is 0 Å². The van der Waals surface area contributed by atoms with Gasteiger partial charge in [-0.1, -0.05) is 70.4 Å². The molecule has 2 aromatic rings. The molecule has 4 N–H and O–H groups in total. The van der Waals surface area contributed by atoms with E-state index in [2.05, 4.69) is 63.6 Å². The van der Waals surface area contributed by atoms with Crippen LogP contribution in [0.1, 0.15) is 88.2 Å². The van der Waals surface area contributed by atoms with Crippen LogP contribution < -0.4 is 10.6 Å². The number of phenols is 1. The molecular formula is C33H52N2O4Si. The first-order valence-corrected chi connectivity index (χ1v) is 18.0. The SMILES string of the molecule is C[C@H](Cc1cccc(CC(=O)NCC2CCCCC2)c1)NC[C@@H](O[Si](C)(C)C(C)(C)C)c1ccc(O)c(CO)c1. The van der Waals surface area contributed by atoms with Crippen molar-refractivity contribution in [3.05, 3.63) is 64.7 Å². The maximum atomic E-state index is 12.6. The van der Waals surface area contributed by atoms with E-state index in [1.807, 2.05) is 24.3 Å². The number of carbonyl (C=O) groups is 1. The van der Waals surface area contributed by atoms with Crippen LogP contribution in [-0.2, 0) is 28.7 Å². The molecule has 0 aromatic heterocycles. The van der Waals surface area contributed by atoms with Crippen LogP contribution in [0.15, 0.2) is 42.5 Å². The summed E-state index contributed by atoms with van der Waals surface area (Å²) in [5, 5.41) is 26.7. The van der Waals surface area contributed by atoms with E-state index in [9.17, 15) is 15.0 Å². The summed E-state index contributed by atoms with van der Waals surface area (Å²) >= 11 is 0. The predicted molar refractivity (Wildman–Crippen MR) is 166 cm³/mol. The second kappa shape index (κ2) is 14.6. The summed E-state index contributed by atoms with van der Waals surface area (Å²) in [5.74, 6) is 0.842. The van der Waals surface area contributed by atoms with Gasteiger partial charge in [-0.3, -0.25) is 4.79 Å². The van der Waals surface area contributed by atoms with Crippen LogP contribution in [0.25, 0.3) is 0 Å². The summed E-state index contributed by atoms with van der Waals surface area (Å²) < 4.78 is 6.83. The van der Waals surface area contributed by atoms with Gasteiger partial charge in [0.05, 0.1) is 19.1 Å². The molecule has 0 aliphatic heterocycles. The fourth-order valence-electron chi connectivity index (χ4n) is 5.19. The number of carbonyl (C=O) groups excluding carboxylic acids is 1. The van der Waals surface area contributed by atoms with E-state index in [0.717, 1.165) is 24.1 Å². The lowest BCUT2D eigenvalue weighted by atomic mass is 9.89. The number of nitrogens with one attached hydrogen (secondary N) is 2. The molecule has 2 aromatic carbocycles. The molecule has 0 heterocycles. The Kier molecular flexibility index (Phi) is 11.8. The zero-order chi connectivity index (χ0) is 29.3. The van der Waals surface area contributed by atoms with Gasteiger partial charge < -0.3 is 25.3 Å². The van der Waals surface area contributed by atoms with Crippen LogP contribution in [0.2, 0.25) is 18.1 Å². The Morgan fingerprint density at radius 1 is 1.07 bits per heavy atom. The van der Waals surface area contributed by atoms with Crippen LogP contribution in [-0.4, -0.2) is 43.6 Å². The third-order valence-electron chi connectivity index (χ3n) is 8.75. The van der Waals surface area contributed by atoms with Gasteiger partial charge in [0.1, 0.15) is 5.75 Å². The van der Waals surface area contributed by atoms with Gasteiger partial charge in [0.25, 0.3) is 0 Å². The maximum absolute atomic E-state index is 12.6. The van der Waals surface area contributed by atoms with Crippen molar-refractivity contribution >= 4 is 14.2 Å². The van der Waals surface area contributed by atoms with Gasteiger partial charge in [-0.15, -0.1) is 0 Å². The Morgan fingerprint density at radius 2 is 1.77 bits per heavy atom. The van der Waals surface area contributed by atoms with Crippen LogP contribution in [0.4, 0.5) is 0 Å². The van der Waals surface area contributed by atoms with Crippen molar-refractivity contribution < 1.29 is 19.4 Å². The number of hydrogen-bond acceptors (Lipinski definition) is 5. The van der Waals surface area contributed by atoms with Gasteiger partial charge in [0, 0.05) is 24.7 Å². The molecule has 0 bridgehead atoms. The highest BCUT2D eigenvalue weighted by Crippen LogP contribution is 2.40. The largest absolute Gasteiger partial charge is 0.508 e. The minimum Gasteiger partial charge on any atom is -0.508 e. The summed E-state index contributed by atoms with van der Waals surface area (Å²) in [7, 11) is -2.08. The summed E-state index contributed by atoms with van der Waals surface area (Å²) in [4.78, 5) is 12.6. The standard InChI is InChI=1S/C33H52N2O4Si/c1-24(17-26-13-10-14-27(18-26)19-32(38)35-21-25-11-8-7-9-12-25)34-22-31(39-40(5,6)33(2,3)4)28-15-16-30(37)29(20-28)23-36/h10,13-16,18,20,24-25,31,34,36-37H,7-9,11-12,17,19,21-23H2,1-6H3,(H,35,38)/t24-,31-/m1/s1. The van der Waals surface area contributed by atoms with Crippen molar-refractivity contribution in [3.63, 3.8) is 0 Å². The summed E-state index contributed by atoms with van der Waals surface area (Å²) in [5.41, 5.74) is 3.71. The molecule has 3 rings (SSSR count). The zero-order valence-corrected chi connectivity index (χ0v) is 26.6. The first-order valence-electron chi connectivity index (χ1n) is 15.1. The predicted octanol–water partition coefficient (Wildman–Crippen LogP) is 6.41. The van der Waals surface area contributed by atoms with E-state index >= 15 is 0 Å². The molecule has 1 aliphatic rings. The van der Waals surface area contributed by atoms with Crippen molar-refractivity contribution in [1.82, 2.24) is 10.6 Å². The van der Waals surface area contributed by atoms with Crippen molar-refractivity contribution in [2.45, 2.75) is 110 Å².